The van der Waals surface area contributed by atoms with Gasteiger partial charge in [0.2, 0.25) is 5.91 Å². The number of carbonyl (C=O) groups is 1. The van der Waals surface area contributed by atoms with E-state index in [-0.39, 0.29) is 17.5 Å². The zero-order valence-electron chi connectivity index (χ0n) is 21.2. The number of nitrogens with one attached hydrogen (secondary N) is 1. The molecule has 1 saturated carbocycles. The number of halogens is 6. The Morgan fingerprint density at radius 2 is 1.53 bits per heavy atom. The van der Waals surface area contributed by atoms with Crippen molar-refractivity contribution in [3.05, 3.63) is 70.8 Å². The molecule has 1 unspecified atom stereocenters. The van der Waals surface area contributed by atoms with Crippen molar-refractivity contribution in [1.82, 2.24) is 10.2 Å². The fraction of sp³-hybridized carbons (Fsp3) is 0.536. The predicted molar refractivity (Wildman–Crippen MR) is 130 cm³/mol. The molecule has 0 aromatic heterocycles. The van der Waals surface area contributed by atoms with Gasteiger partial charge >= 0.3 is 12.4 Å². The average Bonchev–Trinajstić information content (AvgIpc) is 2.89. The normalized spacial score (nSPS) is 24.1. The second-order valence-corrected chi connectivity index (χ2v) is 10.3. The van der Waals surface area contributed by atoms with E-state index in [1.807, 2.05) is 30.3 Å². The van der Waals surface area contributed by atoms with E-state index in [0.717, 1.165) is 38.0 Å². The van der Waals surface area contributed by atoms with Crippen LogP contribution >= 0.6 is 0 Å². The van der Waals surface area contributed by atoms with Crippen molar-refractivity contribution >= 4 is 5.91 Å². The summed E-state index contributed by atoms with van der Waals surface area (Å²) in [5.74, 6) is 0.0139. The summed E-state index contributed by atoms with van der Waals surface area (Å²) in [4.78, 5) is 16.1. The predicted octanol–water partition coefficient (Wildman–Crippen LogP) is 6.36. The zero-order valence-corrected chi connectivity index (χ0v) is 21.2. The molecule has 4 rings (SSSR count). The van der Waals surface area contributed by atoms with Gasteiger partial charge in [0.05, 0.1) is 35.8 Å². The molecule has 208 valence electrons. The Morgan fingerprint density at radius 3 is 2.05 bits per heavy atom. The minimum atomic E-state index is -4.95. The molecule has 1 N–H and O–H groups in total. The minimum absolute atomic E-state index is 0.0965. The molecular weight excluding hydrogens is 510 g/mol. The van der Waals surface area contributed by atoms with Gasteiger partial charge in [0.1, 0.15) is 0 Å². The highest BCUT2D eigenvalue weighted by Crippen LogP contribution is 2.43. The molecule has 4 nitrogen and oxygen atoms in total. The number of morpholine rings is 1. The van der Waals surface area contributed by atoms with Gasteiger partial charge in [-0.2, -0.15) is 26.3 Å². The van der Waals surface area contributed by atoms with Gasteiger partial charge in [0.15, 0.2) is 0 Å². The monoisotopic (exact) mass is 542 g/mol. The molecule has 2 aromatic rings. The molecule has 0 bridgehead atoms. The van der Waals surface area contributed by atoms with E-state index < -0.39 is 34.9 Å². The number of hydrogen-bond donors (Lipinski definition) is 1. The first kappa shape index (κ1) is 28.4. The van der Waals surface area contributed by atoms with Crippen molar-refractivity contribution in [2.45, 2.75) is 56.4 Å². The van der Waals surface area contributed by atoms with Gasteiger partial charge in [-0.05, 0) is 67.9 Å². The van der Waals surface area contributed by atoms with Crippen LogP contribution < -0.4 is 5.32 Å². The highest BCUT2D eigenvalue weighted by molar-refractivity contribution is 5.88. The van der Waals surface area contributed by atoms with Crippen LogP contribution in [0.4, 0.5) is 26.3 Å². The molecule has 1 amide bonds. The van der Waals surface area contributed by atoms with Crippen molar-refractivity contribution < 1.29 is 35.9 Å². The van der Waals surface area contributed by atoms with E-state index in [2.05, 4.69) is 10.2 Å². The van der Waals surface area contributed by atoms with E-state index in [9.17, 15) is 31.1 Å². The first-order valence-electron chi connectivity index (χ1n) is 12.8. The highest BCUT2D eigenvalue weighted by Gasteiger charge is 2.44. The molecule has 1 atom stereocenters. The van der Waals surface area contributed by atoms with Gasteiger partial charge in [0, 0.05) is 19.6 Å². The summed E-state index contributed by atoms with van der Waals surface area (Å²) >= 11 is 0. The Kier molecular flexibility index (Phi) is 8.42. The molecule has 0 spiro atoms. The average molecular weight is 543 g/mol. The standard InChI is InChI=1S/C28H32F6N2O2/c1-19(21-15-23(27(29,30)31)17-24(16-21)28(32,33)34)35-25(37)26(22-5-3-2-4-6-22)9-7-20(8-10-26)18-36-11-13-38-14-12-36/h2-6,15-17,19-20H,7-14,18H2,1H3,(H,35,37)/t19?,20-,26-. The van der Waals surface area contributed by atoms with E-state index in [4.69, 9.17) is 4.74 Å². The summed E-state index contributed by atoms with van der Waals surface area (Å²) in [6.07, 6.45) is -7.25. The van der Waals surface area contributed by atoms with Gasteiger partial charge < -0.3 is 10.1 Å². The highest BCUT2D eigenvalue weighted by atomic mass is 19.4. The maximum atomic E-state index is 13.8. The minimum Gasteiger partial charge on any atom is -0.379 e. The number of carbonyl (C=O) groups excluding carboxylic acids is 1. The number of ether oxygens (including phenoxy) is 1. The van der Waals surface area contributed by atoms with Crippen molar-refractivity contribution in [2.75, 3.05) is 32.8 Å². The van der Waals surface area contributed by atoms with E-state index >= 15 is 0 Å². The van der Waals surface area contributed by atoms with Crippen LogP contribution in [0.3, 0.4) is 0 Å². The second kappa shape index (κ2) is 11.3. The molecule has 2 aromatic carbocycles. The fourth-order valence-corrected chi connectivity index (χ4v) is 5.55. The number of amides is 1. The topological polar surface area (TPSA) is 41.6 Å². The third kappa shape index (κ3) is 6.51. The number of alkyl halides is 6. The quantitative estimate of drug-likeness (QED) is 0.432. The van der Waals surface area contributed by atoms with Gasteiger partial charge in [0.25, 0.3) is 0 Å². The van der Waals surface area contributed by atoms with Crippen molar-refractivity contribution in [1.29, 1.82) is 0 Å². The van der Waals surface area contributed by atoms with Crippen LogP contribution in [-0.4, -0.2) is 43.7 Å². The molecular formula is C28H32F6N2O2. The van der Waals surface area contributed by atoms with Crippen LogP contribution in [0.15, 0.2) is 48.5 Å². The van der Waals surface area contributed by atoms with Crippen LogP contribution in [0, 0.1) is 5.92 Å². The molecule has 1 aliphatic heterocycles. The molecule has 2 aliphatic rings. The van der Waals surface area contributed by atoms with Gasteiger partial charge in [-0.3, -0.25) is 9.69 Å². The first-order chi connectivity index (χ1) is 17.9. The molecule has 0 radical (unpaired) electrons. The maximum absolute atomic E-state index is 13.8. The summed E-state index contributed by atoms with van der Waals surface area (Å²) in [7, 11) is 0. The van der Waals surface area contributed by atoms with E-state index in [0.29, 0.717) is 44.1 Å². The second-order valence-electron chi connectivity index (χ2n) is 10.3. The summed E-state index contributed by atoms with van der Waals surface area (Å²) in [5.41, 5.74) is -3.15. The van der Waals surface area contributed by atoms with Crippen LogP contribution in [0.1, 0.15) is 60.9 Å². The van der Waals surface area contributed by atoms with Crippen LogP contribution in [0.2, 0.25) is 0 Å². The Bertz CT molecular complexity index is 1060. The van der Waals surface area contributed by atoms with Crippen LogP contribution in [-0.2, 0) is 27.3 Å². The Balaban J connectivity index is 1.56. The Hall–Kier alpha value is -2.59. The van der Waals surface area contributed by atoms with E-state index in [1.54, 1.807) is 0 Å². The Labute approximate surface area is 218 Å². The summed E-state index contributed by atoms with van der Waals surface area (Å²) in [6, 6.07) is 9.60. The first-order valence-corrected chi connectivity index (χ1v) is 12.8. The largest absolute Gasteiger partial charge is 0.416 e. The van der Waals surface area contributed by atoms with Crippen molar-refractivity contribution in [3.8, 4) is 0 Å². The smallest absolute Gasteiger partial charge is 0.379 e. The van der Waals surface area contributed by atoms with E-state index in [1.165, 1.54) is 6.92 Å². The number of rotatable bonds is 6. The van der Waals surface area contributed by atoms with Crippen molar-refractivity contribution in [3.63, 3.8) is 0 Å². The number of nitrogens with zero attached hydrogens (tertiary/aromatic N) is 1. The molecule has 1 saturated heterocycles. The maximum Gasteiger partial charge on any atom is 0.416 e. The lowest BCUT2D eigenvalue weighted by atomic mass is 9.65. The Morgan fingerprint density at radius 1 is 0.974 bits per heavy atom. The lowest BCUT2D eigenvalue weighted by Crippen LogP contribution is -2.49. The number of benzene rings is 2. The molecule has 1 heterocycles. The summed E-state index contributed by atoms with van der Waals surface area (Å²) < 4.78 is 85.7. The van der Waals surface area contributed by atoms with Gasteiger partial charge in [-0.15, -0.1) is 0 Å². The zero-order chi connectivity index (χ0) is 27.6. The third-order valence-electron chi connectivity index (χ3n) is 7.80. The number of hydrogen-bond acceptors (Lipinski definition) is 3. The fourth-order valence-electron chi connectivity index (χ4n) is 5.55. The molecule has 1 aliphatic carbocycles. The lowest BCUT2D eigenvalue weighted by Gasteiger charge is -2.41. The van der Waals surface area contributed by atoms with Gasteiger partial charge in [-0.1, -0.05) is 30.3 Å². The van der Waals surface area contributed by atoms with Crippen LogP contribution in [0.25, 0.3) is 0 Å². The molecule has 2 fully saturated rings. The molecule has 38 heavy (non-hydrogen) atoms. The van der Waals surface area contributed by atoms with Gasteiger partial charge in [-0.25, -0.2) is 0 Å². The lowest BCUT2D eigenvalue weighted by molar-refractivity contribution is -0.143. The summed E-state index contributed by atoms with van der Waals surface area (Å²) in [6.45, 7) is 5.47. The SMILES string of the molecule is CC(NC(=O)[C@]1(c2ccccc2)CC[C@@H](CN2CCOCC2)CC1)c1cc(C(F)(F)F)cc(C(F)(F)F)c1. The summed E-state index contributed by atoms with van der Waals surface area (Å²) in [5, 5.41) is 2.76. The van der Waals surface area contributed by atoms with Crippen LogP contribution in [0.5, 0.6) is 0 Å². The molecule has 10 heteroatoms. The third-order valence-corrected chi connectivity index (χ3v) is 7.80. The van der Waals surface area contributed by atoms with Crippen molar-refractivity contribution in [2.24, 2.45) is 5.92 Å².